The van der Waals surface area contributed by atoms with Crippen LogP contribution in [0.1, 0.15) is 52.9 Å². The van der Waals surface area contributed by atoms with Crippen molar-refractivity contribution >= 4 is 11.8 Å². The van der Waals surface area contributed by atoms with E-state index in [-0.39, 0.29) is 11.9 Å². The maximum Gasteiger partial charge on any atom is 0.312 e. The van der Waals surface area contributed by atoms with Gasteiger partial charge in [-0.3, -0.25) is 9.59 Å². The Morgan fingerprint density at radius 1 is 1.22 bits per heavy atom. The molecule has 0 aromatic carbocycles. The van der Waals surface area contributed by atoms with E-state index < -0.39 is 11.0 Å². The summed E-state index contributed by atoms with van der Waals surface area (Å²) in [6.07, 6.45) is 4.32. The summed E-state index contributed by atoms with van der Waals surface area (Å²) in [5.74, 6) is 1.16. The first-order valence-corrected chi connectivity index (χ1v) is 7.11. The highest BCUT2D eigenvalue weighted by Crippen LogP contribution is 2.57. The minimum atomic E-state index is -0.456. The number of ether oxygens (including phenoxy) is 1. The van der Waals surface area contributed by atoms with Crippen LogP contribution in [0.2, 0.25) is 0 Å². The Labute approximate surface area is 108 Å². The van der Waals surface area contributed by atoms with Gasteiger partial charge in [0.2, 0.25) is 0 Å². The van der Waals surface area contributed by atoms with E-state index in [1.54, 1.807) is 0 Å². The molecule has 2 saturated carbocycles. The Balaban J connectivity index is 2.01. The summed E-state index contributed by atoms with van der Waals surface area (Å²) >= 11 is 0. The molecule has 0 aromatic heterocycles. The molecule has 0 aromatic rings. The first kappa shape index (κ1) is 12.2. The number of hydrogen-bond donors (Lipinski definition) is 0. The van der Waals surface area contributed by atoms with Gasteiger partial charge in [-0.05, 0) is 39.0 Å². The molecule has 3 heteroatoms. The van der Waals surface area contributed by atoms with Crippen molar-refractivity contribution in [3.05, 3.63) is 0 Å². The Morgan fingerprint density at radius 2 is 1.94 bits per heavy atom. The molecule has 3 fully saturated rings. The second-order valence-electron chi connectivity index (χ2n) is 7.24. The lowest BCUT2D eigenvalue weighted by molar-refractivity contribution is -0.178. The van der Waals surface area contributed by atoms with Gasteiger partial charge in [0.1, 0.15) is 11.4 Å². The van der Waals surface area contributed by atoms with Crippen LogP contribution in [0.15, 0.2) is 0 Å². The summed E-state index contributed by atoms with van der Waals surface area (Å²) < 4.78 is 5.83. The third-order valence-corrected chi connectivity index (χ3v) is 5.29. The third kappa shape index (κ3) is 1.49. The maximum absolute atomic E-state index is 12.2. The maximum atomic E-state index is 12.2. The summed E-state index contributed by atoms with van der Waals surface area (Å²) in [5.41, 5.74) is -0.878. The zero-order chi connectivity index (χ0) is 13.1. The van der Waals surface area contributed by atoms with Crippen molar-refractivity contribution in [2.45, 2.75) is 58.5 Å². The molecular formula is C15H22O3. The number of carbonyl (C=O) groups is 2. The topological polar surface area (TPSA) is 43.4 Å². The van der Waals surface area contributed by atoms with Gasteiger partial charge in [-0.2, -0.15) is 0 Å². The Hall–Kier alpha value is -0.860. The largest absolute Gasteiger partial charge is 0.458 e. The molecule has 3 nitrogen and oxygen atoms in total. The van der Waals surface area contributed by atoms with Crippen LogP contribution in [-0.2, 0) is 14.3 Å². The molecule has 3 aliphatic rings. The predicted molar refractivity (Wildman–Crippen MR) is 66.8 cm³/mol. The summed E-state index contributed by atoms with van der Waals surface area (Å²) in [7, 11) is 0. The number of Topliss-reactive ketones (excluding diaryl/α,β-unsaturated/α-hetero) is 1. The van der Waals surface area contributed by atoms with Crippen LogP contribution in [-0.4, -0.2) is 17.4 Å². The highest BCUT2D eigenvalue weighted by atomic mass is 16.6. The van der Waals surface area contributed by atoms with E-state index in [9.17, 15) is 9.59 Å². The van der Waals surface area contributed by atoms with Crippen molar-refractivity contribution < 1.29 is 14.3 Å². The zero-order valence-corrected chi connectivity index (χ0v) is 11.5. The lowest BCUT2D eigenvalue weighted by Gasteiger charge is -2.50. The Bertz CT molecular complexity index is 412. The highest BCUT2D eigenvalue weighted by molar-refractivity contribution is 5.86. The SMILES string of the molecule is CC1C[C@H]2CCC(=O)[C@@H](C1)C21CC(C)(C)C(=O)O1. The van der Waals surface area contributed by atoms with E-state index in [0.29, 0.717) is 24.0 Å². The van der Waals surface area contributed by atoms with Crippen LogP contribution in [0.4, 0.5) is 0 Å². The van der Waals surface area contributed by atoms with Crippen LogP contribution in [0.3, 0.4) is 0 Å². The van der Waals surface area contributed by atoms with Gasteiger partial charge in [-0.25, -0.2) is 0 Å². The molecule has 4 atom stereocenters. The molecule has 0 N–H and O–H groups in total. The monoisotopic (exact) mass is 250 g/mol. The van der Waals surface area contributed by atoms with Gasteiger partial charge in [-0.1, -0.05) is 6.92 Å². The van der Waals surface area contributed by atoms with E-state index in [2.05, 4.69) is 6.92 Å². The second-order valence-corrected chi connectivity index (χ2v) is 7.24. The number of carbonyl (C=O) groups excluding carboxylic acids is 2. The first-order chi connectivity index (χ1) is 8.35. The smallest absolute Gasteiger partial charge is 0.312 e. The van der Waals surface area contributed by atoms with Gasteiger partial charge in [0.15, 0.2) is 0 Å². The van der Waals surface area contributed by atoms with Crippen molar-refractivity contribution in [3.63, 3.8) is 0 Å². The van der Waals surface area contributed by atoms with Crippen LogP contribution in [0.25, 0.3) is 0 Å². The lowest BCUT2D eigenvalue weighted by Crippen LogP contribution is -2.55. The lowest BCUT2D eigenvalue weighted by atomic mass is 9.56. The first-order valence-electron chi connectivity index (χ1n) is 7.11. The molecule has 2 aliphatic carbocycles. The highest BCUT2D eigenvalue weighted by Gasteiger charge is 2.64. The zero-order valence-electron chi connectivity index (χ0n) is 11.5. The minimum Gasteiger partial charge on any atom is -0.458 e. The predicted octanol–water partition coefficient (Wildman–Crippen LogP) is 2.72. The quantitative estimate of drug-likeness (QED) is 0.621. The van der Waals surface area contributed by atoms with Crippen molar-refractivity contribution in [1.82, 2.24) is 0 Å². The summed E-state index contributed by atoms with van der Waals surface area (Å²) in [4.78, 5) is 24.3. The van der Waals surface area contributed by atoms with Gasteiger partial charge < -0.3 is 4.74 Å². The van der Waals surface area contributed by atoms with Gasteiger partial charge in [0, 0.05) is 18.8 Å². The van der Waals surface area contributed by atoms with Crippen LogP contribution < -0.4 is 0 Å². The van der Waals surface area contributed by atoms with Gasteiger partial charge in [0.05, 0.1) is 11.3 Å². The average Bonchev–Trinajstić information content (AvgIpc) is 2.48. The Kier molecular flexibility index (Phi) is 2.43. The van der Waals surface area contributed by atoms with Gasteiger partial charge in [0.25, 0.3) is 0 Å². The van der Waals surface area contributed by atoms with E-state index in [1.807, 2.05) is 13.8 Å². The normalized spacial score (nSPS) is 46.3. The van der Waals surface area contributed by atoms with Crippen molar-refractivity contribution in [2.24, 2.45) is 23.2 Å². The fourth-order valence-electron chi connectivity index (χ4n) is 4.46. The van der Waals surface area contributed by atoms with Crippen LogP contribution >= 0.6 is 0 Å². The summed E-state index contributed by atoms with van der Waals surface area (Å²) in [5, 5.41) is 0. The minimum absolute atomic E-state index is 0.0364. The van der Waals surface area contributed by atoms with E-state index in [0.717, 1.165) is 25.7 Å². The molecule has 3 rings (SSSR count). The molecule has 100 valence electrons. The molecule has 1 spiro atoms. The Morgan fingerprint density at radius 3 is 2.56 bits per heavy atom. The number of ketones is 1. The van der Waals surface area contributed by atoms with Gasteiger partial charge >= 0.3 is 5.97 Å². The molecule has 1 aliphatic heterocycles. The summed E-state index contributed by atoms with van der Waals surface area (Å²) in [6, 6.07) is 0. The van der Waals surface area contributed by atoms with Crippen LogP contribution in [0, 0.1) is 23.2 Å². The standard InChI is InChI=1S/C15H22O3/c1-9-6-10-4-5-12(16)11(7-9)15(10)8-14(2,3)13(17)18-15/h9-11H,4-8H2,1-3H3/t9?,10-,11-,15?/m1/s1. The summed E-state index contributed by atoms with van der Waals surface area (Å²) in [6.45, 7) is 6.11. The van der Waals surface area contributed by atoms with Crippen LogP contribution in [0.5, 0.6) is 0 Å². The van der Waals surface area contributed by atoms with Crippen molar-refractivity contribution in [2.75, 3.05) is 0 Å². The number of esters is 1. The fraction of sp³-hybridized carbons (Fsp3) is 0.867. The molecule has 0 radical (unpaired) electrons. The second kappa shape index (κ2) is 3.58. The molecule has 0 amide bonds. The molecule has 2 unspecified atom stereocenters. The molecule has 1 saturated heterocycles. The molecule has 2 bridgehead atoms. The van der Waals surface area contributed by atoms with E-state index in [4.69, 9.17) is 4.74 Å². The van der Waals surface area contributed by atoms with Crippen molar-refractivity contribution in [3.8, 4) is 0 Å². The van der Waals surface area contributed by atoms with Gasteiger partial charge in [-0.15, -0.1) is 0 Å². The number of rotatable bonds is 0. The average molecular weight is 250 g/mol. The third-order valence-electron chi connectivity index (χ3n) is 5.29. The van der Waals surface area contributed by atoms with E-state index in [1.165, 1.54) is 0 Å². The molecular weight excluding hydrogens is 228 g/mol. The van der Waals surface area contributed by atoms with E-state index >= 15 is 0 Å². The molecule has 1 heterocycles. The number of hydrogen-bond acceptors (Lipinski definition) is 3. The fourth-order valence-corrected chi connectivity index (χ4v) is 4.46. The molecule has 18 heavy (non-hydrogen) atoms. The van der Waals surface area contributed by atoms with Crippen molar-refractivity contribution in [1.29, 1.82) is 0 Å².